The molecule has 0 aliphatic rings. The molecule has 0 aromatic heterocycles. The van der Waals surface area contributed by atoms with Crippen LogP contribution in [0.4, 0.5) is 0 Å². The SMILES string of the molecule is CCCCCCCCC/C=C/C(C)CCCCCCOCCC(C)(C)C. The molecule has 156 valence electrons. The van der Waals surface area contributed by atoms with E-state index in [9.17, 15) is 0 Å². The first-order chi connectivity index (χ1) is 12.5. The van der Waals surface area contributed by atoms with E-state index in [2.05, 4.69) is 46.8 Å². The van der Waals surface area contributed by atoms with Crippen LogP contribution in [0.1, 0.15) is 125 Å². The molecule has 0 aromatic carbocycles. The Hall–Kier alpha value is -0.300. The summed E-state index contributed by atoms with van der Waals surface area (Å²) in [4.78, 5) is 0. The van der Waals surface area contributed by atoms with Crippen molar-refractivity contribution in [2.75, 3.05) is 13.2 Å². The second-order valence-corrected chi connectivity index (χ2v) is 9.44. The minimum Gasteiger partial charge on any atom is -0.381 e. The van der Waals surface area contributed by atoms with Gasteiger partial charge in [-0.1, -0.05) is 105 Å². The molecule has 26 heavy (non-hydrogen) atoms. The summed E-state index contributed by atoms with van der Waals surface area (Å²) in [6.45, 7) is 13.4. The van der Waals surface area contributed by atoms with Crippen LogP contribution < -0.4 is 0 Å². The maximum Gasteiger partial charge on any atom is 0.0471 e. The minimum atomic E-state index is 0.401. The summed E-state index contributed by atoms with van der Waals surface area (Å²) in [6.07, 6.45) is 23.8. The highest BCUT2D eigenvalue weighted by Gasteiger charge is 2.08. The quantitative estimate of drug-likeness (QED) is 0.174. The van der Waals surface area contributed by atoms with Gasteiger partial charge in [-0.15, -0.1) is 0 Å². The van der Waals surface area contributed by atoms with Crippen LogP contribution in [0.2, 0.25) is 0 Å². The summed E-state index contributed by atoms with van der Waals surface area (Å²) in [6, 6.07) is 0. The first-order valence-corrected chi connectivity index (χ1v) is 11.7. The zero-order valence-corrected chi connectivity index (χ0v) is 19.0. The van der Waals surface area contributed by atoms with Crippen molar-refractivity contribution in [3.05, 3.63) is 12.2 Å². The second kappa shape index (κ2) is 18.1. The van der Waals surface area contributed by atoms with Gasteiger partial charge >= 0.3 is 0 Å². The zero-order chi connectivity index (χ0) is 19.5. The van der Waals surface area contributed by atoms with Crippen LogP contribution in [0.3, 0.4) is 0 Å². The molecule has 0 N–H and O–H groups in total. The molecule has 0 saturated carbocycles. The van der Waals surface area contributed by atoms with Gasteiger partial charge in [0.15, 0.2) is 0 Å². The molecule has 0 heterocycles. The van der Waals surface area contributed by atoms with Crippen molar-refractivity contribution in [2.24, 2.45) is 11.3 Å². The van der Waals surface area contributed by atoms with Gasteiger partial charge in [0.05, 0.1) is 0 Å². The molecule has 0 aromatic rings. The molecular formula is C25H50O. The van der Waals surface area contributed by atoms with E-state index >= 15 is 0 Å². The fraction of sp³-hybridized carbons (Fsp3) is 0.920. The van der Waals surface area contributed by atoms with Crippen molar-refractivity contribution in [3.8, 4) is 0 Å². The zero-order valence-electron chi connectivity index (χ0n) is 19.0. The monoisotopic (exact) mass is 366 g/mol. The Kier molecular flexibility index (Phi) is 17.9. The smallest absolute Gasteiger partial charge is 0.0471 e. The number of unbranched alkanes of at least 4 members (excludes halogenated alkanes) is 10. The van der Waals surface area contributed by atoms with Crippen molar-refractivity contribution < 1.29 is 4.74 Å². The lowest BCUT2D eigenvalue weighted by Gasteiger charge is -2.17. The van der Waals surface area contributed by atoms with Crippen LogP contribution in [0, 0.1) is 11.3 Å². The summed E-state index contributed by atoms with van der Waals surface area (Å²) in [7, 11) is 0. The highest BCUT2D eigenvalue weighted by molar-refractivity contribution is 4.86. The lowest BCUT2D eigenvalue weighted by molar-refractivity contribution is 0.105. The topological polar surface area (TPSA) is 9.23 Å². The lowest BCUT2D eigenvalue weighted by Crippen LogP contribution is -2.09. The van der Waals surface area contributed by atoms with Gasteiger partial charge in [0.1, 0.15) is 0 Å². The highest BCUT2D eigenvalue weighted by Crippen LogP contribution is 2.18. The van der Waals surface area contributed by atoms with Crippen LogP contribution >= 0.6 is 0 Å². The molecule has 0 saturated heterocycles. The van der Waals surface area contributed by atoms with E-state index in [1.165, 1.54) is 83.5 Å². The van der Waals surface area contributed by atoms with E-state index < -0.39 is 0 Å². The Morgan fingerprint density at radius 2 is 1.38 bits per heavy atom. The first-order valence-electron chi connectivity index (χ1n) is 11.7. The highest BCUT2D eigenvalue weighted by atomic mass is 16.5. The Morgan fingerprint density at radius 1 is 0.769 bits per heavy atom. The Morgan fingerprint density at radius 3 is 2.08 bits per heavy atom. The van der Waals surface area contributed by atoms with Crippen LogP contribution in [-0.4, -0.2) is 13.2 Å². The Bertz CT molecular complexity index is 300. The average molecular weight is 367 g/mol. The molecule has 0 aliphatic heterocycles. The van der Waals surface area contributed by atoms with Crippen molar-refractivity contribution >= 4 is 0 Å². The number of rotatable bonds is 18. The number of allylic oxidation sites excluding steroid dienone is 2. The first kappa shape index (κ1) is 25.7. The van der Waals surface area contributed by atoms with E-state index in [1.807, 2.05) is 0 Å². The van der Waals surface area contributed by atoms with Gasteiger partial charge < -0.3 is 4.74 Å². The lowest BCUT2D eigenvalue weighted by atomic mass is 9.93. The predicted molar refractivity (Wildman–Crippen MR) is 119 cm³/mol. The Balaban J connectivity index is 3.29. The summed E-state index contributed by atoms with van der Waals surface area (Å²) >= 11 is 0. The van der Waals surface area contributed by atoms with Gasteiger partial charge in [0.25, 0.3) is 0 Å². The molecule has 0 fully saturated rings. The summed E-state index contributed by atoms with van der Waals surface area (Å²) < 4.78 is 5.74. The summed E-state index contributed by atoms with van der Waals surface area (Å²) in [5.41, 5.74) is 0.401. The van der Waals surface area contributed by atoms with Crippen molar-refractivity contribution in [1.29, 1.82) is 0 Å². The third kappa shape index (κ3) is 21.7. The van der Waals surface area contributed by atoms with E-state index in [0.717, 1.165) is 25.6 Å². The van der Waals surface area contributed by atoms with Gasteiger partial charge in [-0.3, -0.25) is 0 Å². The second-order valence-electron chi connectivity index (χ2n) is 9.44. The third-order valence-corrected chi connectivity index (χ3v) is 5.13. The fourth-order valence-electron chi connectivity index (χ4n) is 3.15. The van der Waals surface area contributed by atoms with Gasteiger partial charge in [0, 0.05) is 13.2 Å². The Labute approximate surface area is 166 Å². The molecule has 1 heteroatoms. The molecule has 0 amide bonds. The maximum absolute atomic E-state index is 5.74. The minimum absolute atomic E-state index is 0.401. The van der Waals surface area contributed by atoms with E-state index in [0.29, 0.717) is 5.41 Å². The molecule has 1 nitrogen and oxygen atoms in total. The summed E-state index contributed by atoms with van der Waals surface area (Å²) in [5, 5.41) is 0. The van der Waals surface area contributed by atoms with Crippen molar-refractivity contribution in [1.82, 2.24) is 0 Å². The van der Waals surface area contributed by atoms with Crippen LogP contribution in [0.5, 0.6) is 0 Å². The summed E-state index contributed by atoms with van der Waals surface area (Å²) in [5.74, 6) is 0.752. The molecular weight excluding hydrogens is 316 g/mol. The number of hydrogen-bond acceptors (Lipinski definition) is 1. The molecule has 0 rings (SSSR count). The molecule has 1 unspecified atom stereocenters. The molecule has 0 radical (unpaired) electrons. The maximum atomic E-state index is 5.74. The fourth-order valence-corrected chi connectivity index (χ4v) is 3.15. The van der Waals surface area contributed by atoms with Crippen molar-refractivity contribution in [2.45, 2.75) is 125 Å². The van der Waals surface area contributed by atoms with E-state index in [4.69, 9.17) is 4.74 Å². The van der Waals surface area contributed by atoms with Crippen LogP contribution in [0.25, 0.3) is 0 Å². The average Bonchev–Trinajstić information content (AvgIpc) is 2.58. The standard InChI is InChI=1S/C25H50O/c1-6-7-8-9-10-11-12-13-16-19-24(2)20-17-14-15-18-22-26-23-21-25(3,4)5/h16,19,24H,6-15,17-18,20-23H2,1-5H3/b19-16+. The van der Waals surface area contributed by atoms with E-state index in [1.54, 1.807) is 0 Å². The third-order valence-electron chi connectivity index (χ3n) is 5.13. The molecule has 0 aliphatic carbocycles. The molecule has 1 atom stereocenters. The van der Waals surface area contributed by atoms with Crippen LogP contribution in [-0.2, 0) is 4.74 Å². The van der Waals surface area contributed by atoms with Gasteiger partial charge in [-0.05, 0) is 43.4 Å². The molecule has 0 spiro atoms. The predicted octanol–water partition coefficient (Wildman–Crippen LogP) is 8.72. The number of ether oxygens (including phenoxy) is 1. The van der Waals surface area contributed by atoms with E-state index in [-0.39, 0.29) is 0 Å². The van der Waals surface area contributed by atoms with Crippen LogP contribution in [0.15, 0.2) is 12.2 Å². The van der Waals surface area contributed by atoms with Crippen molar-refractivity contribution in [3.63, 3.8) is 0 Å². The molecule has 0 bridgehead atoms. The van der Waals surface area contributed by atoms with Gasteiger partial charge in [0.2, 0.25) is 0 Å². The largest absolute Gasteiger partial charge is 0.381 e. The van der Waals surface area contributed by atoms with Gasteiger partial charge in [-0.2, -0.15) is 0 Å². The normalized spacial score (nSPS) is 13.6. The number of hydrogen-bond donors (Lipinski definition) is 0. The van der Waals surface area contributed by atoms with Gasteiger partial charge in [-0.25, -0.2) is 0 Å².